The summed E-state index contributed by atoms with van der Waals surface area (Å²) in [6, 6.07) is 9.67. The van der Waals surface area contributed by atoms with Crippen LogP contribution in [0.4, 0.5) is 11.8 Å². The number of hydrogen-bond donors (Lipinski definition) is 2. The van der Waals surface area contributed by atoms with Gasteiger partial charge in [0.15, 0.2) is 5.78 Å². The van der Waals surface area contributed by atoms with Crippen LogP contribution in [0.2, 0.25) is 0 Å². The number of nitrogens with two attached hydrogens (primary N) is 2. The van der Waals surface area contributed by atoms with Crippen molar-refractivity contribution in [1.29, 1.82) is 0 Å². The van der Waals surface area contributed by atoms with Gasteiger partial charge in [-0.3, -0.25) is 4.79 Å². The zero-order chi connectivity index (χ0) is 19.3. The maximum absolute atomic E-state index is 12.6. The first-order valence-corrected chi connectivity index (χ1v) is 10.7. The first-order valence-electron chi connectivity index (χ1n) is 8.11. The number of aryl methyl sites for hydroxylation is 1. The third-order valence-electron chi connectivity index (χ3n) is 4.58. The van der Waals surface area contributed by atoms with E-state index in [0.717, 1.165) is 31.0 Å². The fourth-order valence-electron chi connectivity index (χ4n) is 3.45. The van der Waals surface area contributed by atoms with Crippen LogP contribution in [0.3, 0.4) is 0 Å². The summed E-state index contributed by atoms with van der Waals surface area (Å²) in [6.07, 6.45) is 1.97. The van der Waals surface area contributed by atoms with Gasteiger partial charge < -0.3 is 16.0 Å². The lowest BCUT2D eigenvalue weighted by Crippen LogP contribution is -2.06. The topological polar surface area (TPSA) is 99.8 Å². The number of nitrogen functional groups attached to an aromatic ring is 2. The van der Waals surface area contributed by atoms with Crippen molar-refractivity contribution in [3.05, 3.63) is 45.7 Å². The molecule has 0 radical (unpaired) electrons. The molecule has 0 aliphatic heterocycles. The Morgan fingerprint density at radius 2 is 1.93 bits per heavy atom. The SMILES string of the molecule is Cn1ccc2c3c(N)nc(N)nc3c(I)c(-c3ccccc3C(=O)CI)c21. The van der Waals surface area contributed by atoms with E-state index in [1.165, 1.54) is 0 Å². The lowest BCUT2D eigenvalue weighted by atomic mass is 9.94. The summed E-state index contributed by atoms with van der Waals surface area (Å²) in [4.78, 5) is 21.2. The molecule has 0 spiro atoms. The molecule has 2 aromatic heterocycles. The van der Waals surface area contributed by atoms with Gasteiger partial charge in [0.25, 0.3) is 0 Å². The number of rotatable bonds is 3. The summed E-state index contributed by atoms with van der Waals surface area (Å²) in [5, 5.41) is 1.72. The molecular formula is C19H15I2N5O. The highest BCUT2D eigenvalue weighted by Crippen LogP contribution is 2.42. The van der Waals surface area contributed by atoms with Crippen LogP contribution in [0.5, 0.6) is 0 Å². The molecule has 2 heterocycles. The molecule has 0 aliphatic rings. The molecule has 0 saturated heterocycles. The van der Waals surface area contributed by atoms with Crippen molar-refractivity contribution in [3.63, 3.8) is 0 Å². The fourth-order valence-corrected chi connectivity index (χ4v) is 4.79. The van der Waals surface area contributed by atoms with E-state index >= 15 is 0 Å². The number of carbonyl (C=O) groups excluding carboxylic acids is 1. The van der Waals surface area contributed by atoms with Gasteiger partial charge in [0, 0.05) is 33.3 Å². The second-order valence-corrected chi connectivity index (χ2v) is 8.01. The van der Waals surface area contributed by atoms with Crippen LogP contribution in [0, 0.1) is 3.57 Å². The average Bonchev–Trinajstić information content (AvgIpc) is 3.02. The summed E-state index contributed by atoms with van der Waals surface area (Å²) in [7, 11) is 1.98. The van der Waals surface area contributed by atoms with E-state index in [4.69, 9.17) is 11.5 Å². The average molecular weight is 583 g/mol. The highest BCUT2D eigenvalue weighted by molar-refractivity contribution is 14.1. The Hall–Kier alpha value is -1.95. The molecule has 2 aromatic carbocycles. The minimum atomic E-state index is 0.0890. The number of ketones is 1. The van der Waals surface area contributed by atoms with E-state index in [9.17, 15) is 4.79 Å². The van der Waals surface area contributed by atoms with Crippen LogP contribution < -0.4 is 11.5 Å². The van der Waals surface area contributed by atoms with Gasteiger partial charge in [0.1, 0.15) is 5.82 Å². The lowest BCUT2D eigenvalue weighted by Gasteiger charge is -2.16. The summed E-state index contributed by atoms with van der Waals surface area (Å²) in [6.45, 7) is 0. The van der Waals surface area contributed by atoms with E-state index in [-0.39, 0.29) is 11.7 Å². The molecule has 4 N–H and O–H groups in total. The van der Waals surface area contributed by atoms with Crippen molar-refractivity contribution in [3.8, 4) is 11.1 Å². The molecule has 0 bridgehead atoms. The van der Waals surface area contributed by atoms with Crippen LogP contribution in [0.25, 0.3) is 32.9 Å². The molecule has 0 saturated carbocycles. The minimum Gasteiger partial charge on any atom is -0.383 e. The van der Waals surface area contributed by atoms with Crippen molar-refractivity contribution >= 4 is 84.5 Å². The molecule has 8 heteroatoms. The van der Waals surface area contributed by atoms with Crippen molar-refractivity contribution < 1.29 is 4.79 Å². The van der Waals surface area contributed by atoms with Crippen molar-refractivity contribution in [2.24, 2.45) is 7.05 Å². The highest BCUT2D eigenvalue weighted by Gasteiger charge is 2.23. The van der Waals surface area contributed by atoms with Crippen LogP contribution in [-0.2, 0) is 7.05 Å². The number of carbonyl (C=O) groups is 1. The van der Waals surface area contributed by atoms with Crippen molar-refractivity contribution in [1.82, 2.24) is 14.5 Å². The first-order chi connectivity index (χ1) is 12.9. The van der Waals surface area contributed by atoms with Gasteiger partial charge in [-0.2, -0.15) is 4.98 Å². The summed E-state index contributed by atoms with van der Waals surface area (Å²) in [5.74, 6) is 0.580. The second kappa shape index (κ2) is 6.89. The monoisotopic (exact) mass is 583 g/mol. The molecule has 4 aromatic rings. The standard InChI is InChI=1S/C19H15I2N5O/c1-26-7-6-11-14-16(24-19(23)25-18(14)22)15(21)13(17(11)26)10-5-3-2-4-9(10)12(27)8-20/h2-7H,8H2,1H3,(H4,22,23,24,25). The normalized spacial score (nSPS) is 11.4. The first kappa shape index (κ1) is 18.4. The molecule has 6 nitrogen and oxygen atoms in total. The number of benzene rings is 2. The third-order valence-corrected chi connectivity index (χ3v) is 6.32. The molecule has 0 atom stereocenters. The number of anilines is 2. The Morgan fingerprint density at radius 1 is 1.19 bits per heavy atom. The Balaban J connectivity index is 2.24. The smallest absolute Gasteiger partial charge is 0.222 e. The summed E-state index contributed by atoms with van der Waals surface area (Å²) < 4.78 is 3.34. The predicted octanol–water partition coefficient (Wildman–Crippen LogP) is 4.18. The van der Waals surface area contributed by atoms with Crippen molar-refractivity contribution in [2.45, 2.75) is 0 Å². The number of Topliss-reactive ketones (excluding diaryl/α,β-unsaturated/α-hetero) is 1. The van der Waals surface area contributed by atoms with Gasteiger partial charge in [-0.1, -0.05) is 46.9 Å². The van der Waals surface area contributed by atoms with Gasteiger partial charge >= 0.3 is 0 Å². The van der Waals surface area contributed by atoms with E-state index in [1.54, 1.807) is 0 Å². The zero-order valence-electron chi connectivity index (χ0n) is 14.3. The molecule has 4 rings (SSSR count). The number of hydrogen-bond acceptors (Lipinski definition) is 5. The van der Waals surface area contributed by atoms with Gasteiger partial charge in [-0.25, -0.2) is 4.98 Å². The predicted molar refractivity (Wildman–Crippen MR) is 126 cm³/mol. The Kier molecular flexibility index (Phi) is 4.70. The van der Waals surface area contributed by atoms with E-state index in [0.29, 0.717) is 21.3 Å². The Labute approximate surface area is 182 Å². The van der Waals surface area contributed by atoms with Crippen LogP contribution in [0.1, 0.15) is 10.4 Å². The molecule has 27 heavy (non-hydrogen) atoms. The molecule has 0 fully saturated rings. The maximum atomic E-state index is 12.6. The molecule has 0 amide bonds. The highest BCUT2D eigenvalue weighted by atomic mass is 127. The lowest BCUT2D eigenvalue weighted by molar-refractivity contribution is 0.102. The van der Waals surface area contributed by atoms with E-state index < -0.39 is 0 Å². The summed E-state index contributed by atoms with van der Waals surface area (Å²) >= 11 is 4.36. The number of alkyl halides is 1. The number of nitrogens with zero attached hydrogens (tertiary/aromatic N) is 3. The molecule has 136 valence electrons. The number of fused-ring (bicyclic) bond motifs is 3. The molecule has 0 unspecified atom stereocenters. The van der Waals surface area contributed by atoms with Gasteiger partial charge in [0.05, 0.1) is 20.8 Å². The zero-order valence-corrected chi connectivity index (χ0v) is 18.6. The fraction of sp³-hybridized carbons (Fsp3) is 0.105. The van der Waals surface area contributed by atoms with Crippen LogP contribution in [-0.4, -0.2) is 24.7 Å². The number of aromatic nitrogens is 3. The summed E-state index contributed by atoms with van der Waals surface area (Å²) in [5.41, 5.74) is 16.3. The second-order valence-electron chi connectivity index (χ2n) is 6.17. The van der Waals surface area contributed by atoms with E-state index in [1.807, 2.05) is 48.1 Å². The maximum Gasteiger partial charge on any atom is 0.222 e. The molecular weight excluding hydrogens is 568 g/mol. The Bertz CT molecular complexity index is 1230. The Morgan fingerprint density at radius 3 is 2.67 bits per heavy atom. The van der Waals surface area contributed by atoms with Crippen LogP contribution >= 0.6 is 45.2 Å². The molecule has 0 aliphatic carbocycles. The van der Waals surface area contributed by atoms with Gasteiger partial charge in [-0.15, -0.1) is 0 Å². The minimum absolute atomic E-state index is 0.0890. The van der Waals surface area contributed by atoms with Gasteiger partial charge in [-0.05, 0) is 34.2 Å². The number of halogens is 2. The van der Waals surface area contributed by atoms with Crippen molar-refractivity contribution in [2.75, 3.05) is 15.9 Å². The van der Waals surface area contributed by atoms with Crippen LogP contribution in [0.15, 0.2) is 36.5 Å². The van der Waals surface area contributed by atoms with Gasteiger partial charge in [0.2, 0.25) is 5.95 Å². The largest absolute Gasteiger partial charge is 0.383 e. The third kappa shape index (κ3) is 2.85. The van der Waals surface area contributed by atoms with E-state index in [2.05, 4.69) is 55.1 Å². The quantitative estimate of drug-likeness (QED) is 0.214.